The first kappa shape index (κ1) is 14.0. The summed E-state index contributed by atoms with van der Waals surface area (Å²) in [7, 11) is 0. The van der Waals surface area contributed by atoms with E-state index >= 15 is 0 Å². The molecule has 0 amide bonds. The zero-order chi connectivity index (χ0) is 13.4. The SMILES string of the molecule is C[C@@]1(CCCO)[C@H](O)CC[C@]2(C)C(=O)CCC[C@@H]12. The van der Waals surface area contributed by atoms with Crippen molar-refractivity contribution >= 4 is 5.78 Å². The van der Waals surface area contributed by atoms with Crippen LogP contribution in [0.1, 0.15) is 58.8 Å². The van der Waals surface area contributed by atoms with Gasteiger partial charge in [-0.2, -0.15) is 0 Å². The molecule has 2 fully saturated rings. The molecule has 3 nitrogen and oxygen atoms in total. The third-order valence-corrected chi connectivity index (χ3v) is 5.67. The van der Waals surface area contributed by atoms with Gasteiger partial charge in [0.1, 0.15) is 5.78 Å². The monoisotopic (exact) mass is 254 g/mol. The summed E-state index contributed by atoms with van der Waals surface area (Å²) < 4.78 is 0. The minimum atomic E-state index is -0.326. The first-order valence-corrected chi connectivity index (χ1v) is 7.27. The second kappa shape index (κ2) is 4.93. The van der Waals surface area contributed by atoms with E-state index in [0.29, 0.717) is 18.6 Å². The number of carbonyl (C=O) groups excluding carboxylic acids is 1. The fourth-order valence-corrected chi connectivity index (χ4v) is 4.44. The molecule has 0 aliphatic heterocycles. The van der Waals surface area contributed by atoms with Gasteiger partial charge in [-0.05, 0) is 49.9 Å². The second-order valence-electron chi connectivity index (χ2n) is 6.67. The number of aliphatic hydroxyl groups is 2. The predicted octanol–water partition coefficient (Wildman–Crippen LogP) is 2.30. The third kappa shape index (κ3) is 2.01. The summed E-state index contributed by atoms with van der Waals surface area (Å²) in [5.74, 6) is 0.669. The molecule has 2 aliphatic rings. The first-order valence-electron chi connectivity index (χ1n) is 7.27. The molecule has 2 rings (SSSR count). The molecule has 4 atom stereocenters. The van der Waals surface area contributed by atoms with Crippen molar-refractivity contribution in [2.45, 2.75) is 64.9 Å². The molecule has 0 bridgehead atoms. The number of ketones is 1. The summed E-state index contributed by atoms with van der Waals surface area (Å²) in [5.41, 5.74) is -0.437. The van der Waals surface area contributed by atoms with E-state index < -0.39 is 0 Å². The molecule has 0 radical (unpaired) electrons. The van der Waals surface area contributed by atoms with Gasteiger partial charge in [-0.3, -0.25) is 4.79 Å². The largest absolute Gasteiger partial charge is 0.396 e. The molecule has 0 aromatic rings. The number of rotatable bonds is 3. The zero-order valence-corrected chi connectivity index (χ0v) is 11.6. The summed E-state index contributed by atoms with van der Waals surface area (Å²) >= 11 is 0. The van der Waals surface area contributed by atoms with Gasteiger partial charge >= 0.3 is 0 Å². The smallest absolute Gasteiger partial charge is 0.139 e. The fraction of sp³-hybridized carbons (Fsp3) is 0.933. The van der Waals surface area contributed by atoms with Crippen LogP contribution >= 0.6 is 0 Å². The number of carbonyl (C=O) groups is 1. The lowest BCUT2D eigenvalue weighted by Gasteiger charge is -2.56. The van der Waals surface area contributed by atoms with Crippen LogP contribution in [0, 0.1) is 16.7 Å². The normalized spacial score (nSPS) is 44.8. The molecule has 2 N–H and O–H groups in total. The van der Waals surface area contributed by atoms with E-state index in [2.05, 4.69) is 13.8 Å². The van der Waals surface area contributed by atoms with E-state index in [4.69, 9.17) is 5.11 Å². The Hall–Kier alpha value is -0.410. The van der Waals surface area contributed by atoms with Crippen molar-refractivity contribution in [3.63, 3.8) is 0 Å². The molecule has 2 aliphatic carbocycles. The lowest BCUT2D eigenvalue weighted by molar-refractivity contribution is -0.158. The Kier molecular flexibility index (Phi) is 3.84. The molecule has 18 heavy (non-hydrogen) atoms. The number of fused-ring (bicyclic) bond motifs is 1. The Bertz CT molecular complexity index is 328. The van der Waals surface area contributed by atoms with E-state index in [1.54, 1.807) is 0 Å². The van der Waals surface area contributed by atoms with Gasteiger partial charge in [-0.15, -0.1) is 0 Å². The molecule has 0 unspecified atom stereocenters. The van der Waals surface area contributed by atoms with E-state index in [1.807, 2.05) is 0 Å². The molecule has 104 valence electrons. The lowest BCUT2D eigenvalue weighted by Crippen LogP contribution is -2.55. The van der Waals surface area contributed by atoms with Crippen molar-refractivity contribution in [3.05, 3.63) is 0 Å². The van der Waals surface area contributed by atoms with Crippen LogP contribution in [0.5, 0.6) is 0 Å². The molecule has 0 heterocycles. The summed E-state index contributed by atoms with van der Waals surface area (Å²) in [6.07, 6.45) is 5.47. The van der Waals surface area contributed by atoms with Gasteiger partial charge in [0.05, 0.1) is 6.10 Å². The van der Waals surface area contributed by atoms with Gasteiger partial charge in [-0.1, -0.05) is 13.8 Å². The van der Waals surface area contributed by atoms with E-state index in [-0.39, 0.29) is 29.5 Å². The van der Waals surface area contributed by atoms with Gasteiger partial charge < -0.3 is 10.2 Å². The lowest BCUT2D eigenvalue weighted by atomic mass is 9.49. The van der Waals surface area contributed by atoms with Crippen LogP contribution in [0.4, 0.5) is 0 Å². The van der Waals surface area contributed by atoms with Gasteiger partial charge in [0.15, 0.2) is 0 Å². The summed E-state index contributed by atoms with van der Waals surface area (Å²) in [6.45, 7) is 4.38. The highest BCUT2D eigenvalue weighted by Crippen LogP contribution is 2.57. The maximum Gasteiger partial charge on any atom is 0.139 e. The van der Waals surface area contributed by atoms with Crippen LogP contribution in [-0.2, 0) is 4.79 Å². The Morgan fingerprint density at radius 2 is 2.06 bits per heavy atom. The van der Waals surface area contributed by atoms with E-state index in [1.165, 1.54) is 0 Å². The Labute approximate surface area is 110 Å². The summed E-state index contributed by atoms with van der Waals surface area (Å²) in [5, 5.41) is 19.5. The Morgan fingerprint density at radius 1 is 1.33 bits per heavy atom. The van der Waals surface area contributed by atoms with E-state index in [0.717, 1.165) is 32.1 Å². The number of Topliss-reactive ketones (excluding diaryl/α,β-unsaturated/α-hetero) is 1. The van der Waals surface area contributed by atoms with Crippen LogP contribution in [-0.4, -0.2) is 28.7 Å². The molecule has 0 aromatic heterocycles. The highest BCUT2D eigenvalue weighted by Gasteiger charge is 2.56. The third-order valence-electron chi connectivity index (χ3n) is 5.67. The van der Waals surface area contributed by atoms with Gasteiger partial charge in [0.2, 0.25) is 0 Å². The van der Waals surface area contributed by atoms with Crippen molar-refractivity contribution < 1.29 is 15.0 Å². The molecule has 2 saturated carbocycles. The second-order valence-corrected chi connectivity index (χ2v) is 6.67. The van der Waals surface area contributed by atoms with Gasteiger partial charge in [0, 0.05) is 18.4 Å². The molecule has 3 heteroatoms. The van der Waals surface area contributed by atoms with Crippen LogP contribution < -0.4 is 0 Å². The molecule has 0 spiro atoms. The van der Waals surface area contributed by atoms with Crippen molar-refractivity contribution in [1.82, 2.24) is 0 Å². The van der Waals surface area contributed by atoms with Crippen molar-refractivity contribution in [2.75, 3.05) is 6.61 Å². The summed E-state index contributed by atoms with van der Waals surface area (Å²) in [4.78, 5) is 12.3. The minimum Gasteiger partial charge on any atom is -0.396 e. The Balaban J connectivity index is 2.28. The van der Waals surface area contributed by atoms with Crippen LogP contribution in [0.25, 0.3) is 0 Å². The predicted molar refractivity (Wildman–Crippen MR) is 70.1 cm³/mol. The highest BCUT2D eigenvalue weighted by atomic mass is 16.3. The maximum absolute atomic E-state index is 12.3. The quantitative estimate of drug-likeness (QED) is 0.812. The minimum absolute atomic E-state index is 0.166. The van der Waals surface area contributed by atoms with Crippen molar-refractivity contribution in [3.8, 4) is 0 Å². The molecular formula is C15H26O3. The average Bonchev–Trinajstić information content (AvgIpc) is 2.35. The maximum atomic E-state index is 12.3. The molecule has 0 saturated heterocycles. The van der Waals surface area contributed by atoms with Crippen LogP contribution in [0.15, 0.2) is 0 Å². The summed E-state index contributed by atoms with van der Waals surface area (Å²) in [6, 6.07) is 0. The van der Waals surface area contributed by atoms with Crippen LogP contribution in [0.3, 0.4) is 0 Å². The number of aliphatic hydroxyl groups excluding tert-OH is 2. The van der Waals surface area contributed by atoms with E-state index in [9.17, 15) is 9.90 Å². The Morgan fingerprint density at radius 3 is 2.72 bits per heavy atom. The fourth-order valence-electron chi connectivity index (χ4n) is 4.44. The number of hydrogen-bond acceptors (Lipinski definition) is 3. The molecule has 0 aromatic carbocycles. The van der Waals surface area contributed by atoms with Gasteiger partial charge in [-0.25, -0.2) is 0 Å². The molecular weight excluding hydrogens is 228 g/mol. The van der Waals surface area contributed by atoms with Crippen molar-refractivity contribution in [2.24, 2.45) is 16.7 Å². The topological polar surface area (TPSA) is 57.5 Å². The first-order chi connectivity index (χ1) is 8.45. The van der Waals surface area contributed by atoms with Crippen molar-refractivity contribution in [1.29, 1.82) is 0 Å². The average molecular weight is 254 g/mol. The standard InChI is InChI=1S/C15H26O3/c1-14(8-4-10-16)11-5-3-6-12(17)15(11,2)9-7-13(14)18/h11,13,16,18H,3-10H2,1-2H3/t11-,13+,14-,15-/m0/s1. The number of hydrogen-bond donors (Lipinski definition) is 2. The zero-order valence-electron chi connectivity index (χ0n) is 11.6. The van der Waals surface area contributed by atoms with Gasteiger partial charge in [0.25, 0.3) is 0 Å². The highest BCUT2D eigenvalue weighted by molar-refractivity contribution is 5.85. The van der Waals surface area contributed by atoms with Crippen LogP contribution in [0.2, 0.25) is 0 Å².